The molecule has 1 aliphatic heterocycles. The standard InChI is InChI=1S/C8H14O4.ClH.Li/c1-2-10-5-6-12-8-7-11-4-3-9-1;;/h1-2H,3-8H2;1H;/q;;+1/p-1/b2-1-;;. The van der Waals surface area contributed by atoms with E-state index in [1.54, 1.807) is 0 Å². The van der Waals surface area contributed by atoms with Gasteiger partial charge in [0.05, 0.1) is 26.4 Å². The van der Waals surface area contributed by atoms with Gasteiger partial charge in [0, 0.05) is 0 Å². The van der Waals surface area contributed by atoms with Crippen molar-refractivity contribution < 1.29 is 18.9 Å². The Morgan fingerprint density at radius 2 is 1.07 bits per heavy atom. The van der Waals surface area contributed by atoms with Gasteiger partial charge in [-0.1, -0.05) is 0 Å². The molecule has 4 nitrogen and oxygen atoms in total. The van der Waals surface area contributed by atoms with Crippen molar-refractivity contribution in [2.75, 3.05) is 39.6 Å². The number of hydrogen-bond acceptors (Lipinski definition) is 4. The summed E-state index contributed by atoms with van der Waals surface area (Å²) >= 11 is 1.47. The Kier molecular flexibility index (Phi) is 13.3. The fourth-order valence-electron chi connectivity index (χ4n) is 0.751. The van der Waals surface area contributed by atoms with Gasteiger partial charge in [0.1, 0.15) is 25.7 Å². The van der Waals surface area contributed by atoms with Gasteiger partial charge in [-0.05, 0) is 0 Å². The topological polar surface area (TPSA) is 36.9 Å². The molecule has 0 aromatic heterocycles. The number of hydrogen-bond donors (Lipinski definition) is 0. The van der Waals surface area contributed by atoms with Gasteiger partial charge in [0.2, 0.25) is 0 Å². The average Bonchev–Trinajstić information content (AvgIpc) is 2.22. The Hall–Kier alpha value is 0.147. The van der Waals surface area contributed by atoms with Gasteiger partial charge in [0.15, 0.2) is 0 Å². The van der Waals surface area contributed by atoms with E-state index in [0.717, 1.165) is 0 Å². The molecule has 0 unspecified atom stereocenters. The van der Waals surface area contributed by atoms with Crippen LogP contribution in [0, 0.1) is 0 Å². The fraction of sp³-hybridized carbons (Fsp3) is 0.750. The molecule has 0 aliphatic carbocycles. The third-order valence-electron chi connectivity index (χ3n) is 1.31. The SMILES string of the molecule is C1=C\OCCOCCOCCO/1.[Li][Cl]. The quantitative estimate of drug-likeness (QED) is 0.563. The molecule has 1 rings (SSSR count). The van der Waals surface area contributed by atoms with Crippen molar-refractivity contribution >= 4 is 26.5 Å². The van der Waals surface area contributed by atoms with Crippen molar-refractivity contribution in [2.45, 2.75) is 0 Å². The summed E-state index contributed by atoms with van der Waals surface area (Å²) in [6.45, 7) is 3.53. The first-order valence-corrected chi connectivity index (χ1v) is 5.17. The Labute approximate surface area is 97.8 Å². The molecule has 0 spiro atoms. The molecule has 0 fully saturated rings. The third-order valence-corrected chi connectivity index (χ3v) is 1.31. The maximum absolute atomic E-state index is 5.18. The Morgan fingerprint density at radius 3 is 1.50 bits per heavy atom. The Bertz CT molecular complexity index is 121. The molecule has 0 bridgehead atoms. The zero-order chi connectivity index (χ0) is 10.5. The molecule has 0 saturated carbocycles. The van der Waals surface area contributed by atoms with Crippen LogP contribution in [0.4, 0.5) is 0 Å². The molecule has 6 heteroatoms. The Balaban J connectivity index is 0.000000791. The van der Waals surface area contributed by atoms with E-state index in [0.29, 0.717) is 39.6 Å². The van der Waals surface area contributed by atoms with E-state index in [1.807, 2.05) is 0 Å². The van der Waals surface area contributed by atoms with Crippen LogP contribution in [0.25, 0.3) is 0 Å². The second-order valence-electron chi connectivity index (χ2n) is 2.24. The summed E-state index contributed by atoms with van der Waals surface area (Å²) in [4.78, 5) is 0. The minimum absolute atomic E-state index is 0.555. The molecule has 0 radical (unpaired) electrons. The van der Waals surface area contributed by atoms with Gasteiger partial charge in [-0.3, -0.25) is 0 Å². The molecule has 78 valence electrons. The predicted octanol–water partition coefficient (Wildman–Crippen LogP) is 0.846. The van der Waals surface area contributed by atoms with Gasteiger partial charge in [-0.25, -0.2) is 0 Å². The Morgan fingerprint density at radius 1 is 0.714 bits per heavy atom. The summed E-state index contributed by atoms with van der Waals surface area (Å²) < 4.78 is 20.4. The van der Waals surface area contributed by atoms with E-state index in [1.165, 1.54) is 29.3 Å². The van der Waals surface area contributed by atoms with Crippen molar-refractivity contribution in [3.05, 3.63) is 12.5 Å². The van der Waals surface area contributed by atoms with E-state index < -0.39 is 0 Å². The van der Waals surface area contributed by atoms with Gasteiger partial charge in [0.25, 0.3) is 0 Å². The van der Waals surface area contributed by atoms with Crippen LogP contribution in [0.1, 0.15) is 0 Å². The fourth-order valence-corrected chi connectivity index (χ4v) is 0.751. The van der Waals surface area contributed by atoms with Crippen molar-refractivity contribution in [1.82, 2.24) is 0 Å². The van der Waals surface area contributed by atoms with E-state index in [4.69, 9.17) is 18.9 Å². The molecule has 1 heterocycles. The molecular weight excluding hydrogens is 202 g/mol. The van der Waals surface area contributed by atoms with Crippen LogP contribution in [-0.4, -0.2) is 56.4 Å². The first-order valence-electron chi connectivity index (χ1n) is 4.41. The van der Waals surface area contributed by atoms with Gasteiger partial charge >= 0.3 is 26.5 Å². The van der Waals surface area contributed by atoms with Crippen molar-refractivity contribution in [3.8, 4) is 0 Å². The van der Waals surface area contributed by atoms with E-state index >= 15 is 0 Å². The average molecular weight is 217 g/mol. The minimum atomic E-state index is 0.555. The zero-order valence-electron chi connectivity index (χ0n) is 8.41. The van der Waals surface area contributed by atoms with Crippen LogP contribution >= 0.6 is 9.80 Å². The van der Waals surface area contributed by atoms with Crippen LogP contribution in [0.5, 0.6) is 0 Å². The van der Waals surface area contributed by atoms with Crippen LogP contribution < -0.4 is 0 Å². The summed E-state index contributed by atoms with van der Waals surface area (Å²) in [5, 5.41) is 0. The molecular formula is C8H14ClLiO4. The molecule has 1 aliphatic rings. The summed E-state index contributed by atoms with van der Waals surface area (Å²) in [5.74, 6) is 0. The first-order chi connectivity index (χ1) is 7.00. The van der Waals surface area contributed by atoms with Crippen LogP contribution in [0.3, 0.4) is 0 Å². The molecule has 0 N–H and O–H groups in total. The van der Waals surface area contributed by atoms with Gasteiger partial charge in [-0.15, -0.1) is 0 Å². The summed E-state index contributed by atoms with van der Waals surface area (Å²) in [6.07, 6.45) is 3.04. The van der Waals surface area contributed by atoms with E-state index in [9.17, 15) is 0 Å². The molecule has 0 saturated heterocycles. The van der Waals surface area contributed by atoms with Crippen molar-refractivity contribution in [2.24, 2.45) is 0 Å². The normalized spacial score (nSPS) is 21.1. The monoisotopic (exact) mass is 216 g/mol. The third kappa shape index (κ3) is 10.2. The number of ether oxygens (including phenoxy) is 4. The molecule has 0 aromatic carbocycles. The van der Waals surface area contributed by atoms with Crippen molar-refractivity contribution in [3.63, 3.8) is 0 Å². The van der Waals surface area contributed by atoms with Crippen LogP contribution in [-0.2, 0) is 18.9 Å². The van der Waals surface area contributed by atoms with Crippen LogP contribution in [0.15, 0.2) is 12.5 Å². The summed E-state index contributed by atoms with van der Waals surface area (Å²) in [7, 11) is 4.64. The van der Waals surface area contributed by atoms with Crippen LogP contribution in [0.2, 0.25) is 0 Å². The molecule has 0 amide bonds. The van der Waals surface area contributed by atoms with E-state index in [2.05, 4.69) is 9.80 Å². The summed E-state index contributed by atoms with van der Waals surface area (Å²) in [5.41, 5.74) is 0. The maximum atomic E-state index is 5.18. The second kappa shape index (κ2) is 13.1. The molecule has 0 aromatic rings. The molecule has 0 atom stereocenters. The zero-order valence-corrected chi connectivity index (χ0v) is 9.16. The number of rotatable bonds is 0. The van der Waals surface area contributed by atoms with E-state index in [-0.39, 0.29) is 0 Å². The first kappa shape index (κ1) is 14.1. The summed E-state index contributed by atoms with van der Waals surface area (Å²) in [6, 6.07) is 0. The van der Waals surface area contributed by atoms with Gasteiger partial charge < -0.3 is 18.9 Å². The van der Waals surface area contributed by atoms with Crippen molar-refractivity contribution in [1.29, 1.82) is 0 Å². The second-order valence-corrected chi connectivity index (χ2v) is 2.24. The molecule has 14 heavy (non-hydrogen) atoms. The predicted molar refractivity (Wildman–Crippen MR) is 54.3 cm³/mol. The van der Waals surface area contributed by atoms with Gasteiger partial charge in [-0.2, -0.15) is 0 Å². The number of halogens is 1.